The maximum Gasteiger partial charge on any atom is 0.255 e. The van der Waals surface area contributed by atoms with Gasteiger partial charge in [-0.1, -0.05) is 84.9 Å². The summed E-state index contributed by atoms with van der Waals surface area (Å²) in [6.07, 6.45) is 0. The first-order chi connectivity index (χ1) is 24.8. The zero-order chi connectivity index (χ0) is 35.2. The topological polar surface area (TPSA) is 139 Å². The number of nitrogens with one attached hydrogen (secondary N) is 3. The lowest BCUT2D eigenvalue weighted by molar-refractivity contribution is 0.0979. The van der Waals surface area contributed by atoms with Crippen LogP contribution in [0.15, 0.2) is 133 Å². The number of carbonyl (C=O) groups is 6. The molecule has 9 heteroatoms. The normalized spacial score (nSPS) is 12.6. The van der Waals surface area contributed by atoms with Crippen molar-refractivity contribution in [1.29, 1.82) is 0 Å². The summed E-state index contributed by atoms with van der Waals surface area (Å²) in [5.41, 5.74) is 2.33. The van der Waals surface area contributed by atoms with Crippen LogP contribution < -0.4 is 16.0 Å². The van der Waals surface area contributed by atoms with Gasteiger partial charge in [-0.15, -0.1) is 0 Å². The van der Waals surface area contributed by atoms with Crippen LogP contribution in [0.3, 0.4) is 0 Å². The summed E-state index contributed by atoms with van der Waals surface area (Å²) >= 11 is 0. The second-order valence-corrected chi connectivity index (χ2v) is 12.0. The molecule has 0 bridgehead atoms. The molecule has 0 atom stereocenters. The van der Waals surface area contributed by atoms with Gasteiger partial charge in [-0.05, 0) is 48.5 Å². The van der Waals surface area contributed by atoms with E-state index in [-0.39, 0.29) is 67.3 Å². The minimum absolute atomic E-state index is 0.00401. The van der Waals surface area contributed by atoms with Crippen LogP contribution in [0.5, 0.6) is 0 Å². The molecule has 6 aromatic carbocycles. The third-order valence-corrected chi connectivity index (χ3v) is 8.99. The molecule has 0 saturated heterocycles. The van der Waals surface area contributed by atoms with Gasteiger partial charge in [-0.3, -0.25) is 28.8 Å². The molecule has 2 amide bonds. The Labute approximate surface area is 291 Å². The molecule has 0 aromatic heterocycles. The van der Waals surface area contributed by atoms with E-state index in [9.17, 15) is 28.8 Å². The van der Waals surface area contributed by atoms with Crippen LogP contribution in [0.25, 0.3) is 0 Å². The van der Waals surface area contributed by atoms with Crippen LogP contribution in [0, 0.1) is 0 Å². The van der Waals surface area contributed by atoms with Crippen molar-refractivity contribution in [2.75, 3.05) is 16.0 Å². The molecule has 2 aliphatic rings. The Morgan fingerprint density at radius 1 is 0.333 bits per heavy atom. The summed E-state index contributed by atoms with van der Waals surface area (Å²) < 4.78 is 0. The van der Waals surface area contributed by atoms with Gasteiger partial charge in [0.05, 0.1) is 45.0 Å². The lowest BCUT2D eigenvalue weighted by Crippen LogP contribution is -2.26. The predicted molar refractivity (Wildman–Crippen MR) is 192 cm³/mol. The van der Waals surface area contributed by atoms with Crippen molar-refractivity contribution in [3.05, 3.63) is 189 Å². The largest absolute Gasteiger partial charge is 0.354 e. The number of hydrogen-bond acceptors (Lipinski definition) is 7. The third-order valence-electron chi connectivity index (χ3n) is 8.99. The molecule has 244 valence electrons. The zero-order valence-electron chi connectivity index (χ0n) is 26.7. The first kappa shape index (κ1) is 31.0. The fraction of sp³-hybridized carbons (Fsp3) is 0. The third kappa shape index (κ3) is 5.21. The van der Waals surface area contributed by atoms with E-state index in [1.807, 2.05) is 0 Å². The molecule has 0 saturated carbocycles. The zero-order valence-corrected chi connectivity index (χ0v) is 26.7. The SMILES string of the molecule is O=C(Nc1cccc2c1C(=O)c1cccc(Nc3ccc(NC(=O)c4ccccc4)c4c3C(=O)c3ccccc3C4=O)c1C2=O)c1ccccc1. The van der Waals surface area contributed by atoms with E-state index in [1.54, 1.807) is 115 Å². The van der Waals surface area contributed by atoms with E-state index in [1.165, 1.54) is 18.2 Å². The van der Waals surface area contributed by atoms with Gasteiger partial charge in [-0.2, -0.15) is 0 Å². The molecule has 6 aromatic rings. The quantitative estimate of drug-likeness (QED) is 0.167. The standard InChI is InChI=1S/C42H25N3O6/c46-37-25-15-7-8-16-26(25)38(47)36-32(45-42(51)24-13-5-2-6-14-24)22-21-31(35(36)37)43-29-19-9-17-27-33(29)39(48)28-18-10-20-30(34(28)40(27)49)44-41(50)23-11-3-1-4-12-23/h1-22,43H,(H,44,50)(H,45,51). The molecule has 0 unspecified atom stereocenters. The Morgan fingerprint density at radius 2 is 0.686 bits per heavy atom. The molecule has 0 fully saturated rings. The summed E-state index contributed by atoms with van der Waals surface area (Å²) in [4.78, 5) is 82.5. The first-order valence-electron chi connectivity index (χ1n) is 16.0. The lowest BCUT2D eigenvalue weighted by Gasteiger charge is -2.25. The van der Waals surface area contributed by atoms with Gasteiger partial charge in [0.1, 0.15) is 0 Å². The van der Waals surface area contributed by atoms with Crippen molar-refractivity contribution in [1.82, 2.24) is 0 Å². The van der Waals surface area contributed by atoms with Crippen LogP contribution in [0.4, 0.5) is 22.7 Å². The summed E-state index contributed by atoms with van der Waals surface area (Å²) in [5.74, 6) is -2.72. The molecule has 0 spiro atoms. The fourth-order valence-electron chi connectivity index (χ4n) is 6.59. The highest BCUT2D eigenvalue weighted by atomic mass is 16.2. The highest BCUT2D eigenvalue weighted by Gasteiger charge is 2.37. The van der Waals surface area contributed by atoms with Gasteiger partial charge < -0.3 is 16.0 Å². The number of carbonyl (C=O) groups excluding carboxylic acids is 6. The predicted octanol–water partition coefficient (Wildman–Crippen LogP) is 7.49. The fourth-order valence-corrected chi connectivity index (χ4v) is 6.59. The highest BCUT2D eigenvalue weighted by molar-refractivity contribution is 6.34. The van der Waals surface area contributed by atoms with E-state index < -0.39 is 34.9 Å². The molecule has 0 aliphatic heterocycles. The van der Waals surface area contributed by atoms with Gasteiger partial charge in [0.25, 0.3) is 11.8 Å². The number of benzene rings is 6. The van der Waals surface area contributed by atoms with E-state index in [0.29, 0.717) is 11.1 Å². The Balaban J connectivity index is 1.20. The Kier molecular flexibility index (Phi) is 7.50. The lowest BCUT2D eigenvalue weighted by atomic mass is 9.81. The molecule has 2 aliphatic carbocycles. The van der Waals surface area contributed by atoms with Crippen molar-refractivity contribution in [2.24, 2.45) is 0 Å². The van der Waals surface area contributed by atoms with Crippen molar-refractivity contribution >= 4 is 57.7 Å². The Hall–Kier alpha value is -7.26. The van der Waals surface area contributed by atoms with Crippen LogP contribution in [0.2, 0.25) is 0 Å². The van der Waals surface area contributed by atoms with Crippen molar-refractivity contribution in [2.45, 2.75) is 0 Å². The van der Waals surface area contributed by atoms with Crippen molar-refractivity contribution in [3.8, 4) is 0 Å². The molecular formula is C42H25N3O6. The minimum atomic E-state index is -0.466. The van der Waals surface area contributed by atoms with Crippen LogP contribution >= 0.6 is 0 Å². The summed E-state index contributed by atoms with van der Waals surface area (Å²) in [5, 5.41) is 8.75. The summed E-state index contributed by atoms with van der Waals surface area (Å²) in [6.45, 7) is 0. The number of fused-ring (bicyclic) bond motifs is 4. The van der Waals surface area contributed by atoms with E-state index in [2.05, 4.69) is 16.0 Å². The van der Waals surface area contributed by atoms with Gasteiger partial charge in [0, 0.05) is 33.4 Å². The van der Waals surface area contributed by atoms with Gasteiger partial charge in [-0.25, -0.2) is 0 Å². The molecule has 8 rings (SSSR count). The van der Waals surface area contributed by atoms with Crippen LogP contribution in [-0.2, 0) is 0 Å². The molecule has 9 nitrogen and oxygen atoms in total. The Bertz CT molecular complexity index is 2510. The van der Waals surface area contributed by atoms with Crippen molar-refractivity contribution < 1.29 is 28.8 Å². The van der Waals surface area contributed by atoms with E-state index in [0.717, 1.165) is 0 Å². The number of rotatable bonds is 6. The van der Waals surface area contributed by atoms with Crippen molar-refractivity contribution in [3.63, 3.8) is 0 Å². The molecule has 3 N–H and O–H groups in total. The number of anilines is 4. The monoisotopic (exact) mass is 667 g/mol. The number of hydrogen-bond donors (Lipinski definition) is 3. The number of amides is 2. The highest BCUT2D eigenvalue weighted by Crippen LogP contribution is 2.41. The molecular weight excluding hydrogens is 642 g/mol. The molecule has 0 heterocycles. The van der Waals surface area contributed by atoms with E-state index >= 15 is 0 Å². The van der Waals surface area contributed by atoms with Crippen LogP contribution in [-0.4, -0.2) is 34.9 Å². The molecule has 0 radical (unpaired) electrons. The molecule has 51 heavy (non-hydrogen) atoms. The Morgan fingerprint density at radius 3 is 1.22 bits per heavy atom. The maximum atomic E-state index is 14.2. The van der Waals surface area contributed by atoms with Gasteiger partial charge in [0.15, 0.2) is 23.1 Å². The maximum absolute atomic E-state index is 14.2. The second-order valence-electron chi connectivity index (χ2n) is 12.0. The summed E-state index contributed by atoms with van der Waals surface area (Å²) in [6, 6.07) is 36.0. The minimum Gasteiger partial charge on any atom is -0.354 e. The van der Waals surface area contributed by atoms with Gasteiger partial charge >= 0.3 is 0 Å². The number of ketones is 4. The smallest absolute Gasteiger partial charge is 0.255 e. The second kappa shape index (κ2) is 12.3. The summed E-state index contributed by atoms with van der Waals surface area (Å²) in [7, 11) is 0. The van der Waals surface area contributed by atoms with E-state index in [4.69, 9.17) is 0 Å². The average molecular weight is 668 g/mol. The average Bonchev–Trinajstić information content (AvgIpc) is 3.17. The van der Waals surface area contributed by atoms with Crippen LogP contribution in [0.1, 0.15) is 84.4 Å². The van der Waals surface area contributed by atoms with Gasteiger partial charge in [0.2, 0.25) is 0 Å². The first-order valence-corrected chi connectivity index (χ1v) is 16.0.